The number of nitrogens with one attached hydrogen (secondary N) is 1. The van der Waals surface area contributed by atoms with E-state index in [0.29, 0.717) is 12.0 Å². The number of aryl methyl sites for hydroxylation is 1. The summed E-state index contributed by atoms with van der Waals surface area (Å²) in [5, 5.41) is 3.54. The van der Waals surface area contributed by atoms with Gasteiger partial charge >= 0.3 is 0 Å². The Kier molecular flexibility index (Phi) is 4.87. The van der Waals surface area contributed by atoms with Crippen molar-refractivity contribution in [3.8, 4) is 0 Å². The Bertz CT molecular complexity index is 474. The van der Waals surface area contributed by atoms with Crippen molar-refractivity contribution in [1.29, 1.82) is 0 Å². The van der Waals surface area contributed by atoms with Gasteiger partial charge in [-0.15, -0.1) is 0 Å². The van der Waals surface area contributed by atoms with E-state index in [1.807, 2.05) is 24.0 Å². The number of hydrogen-bond acceptors (Lipinski definition) is 4. The van der Waals surface area contributed by atoms with Crippen LogP contribution in [-0.4, -0.2) is 35.7 Å². The van der Waals surface area contributed by atoms with Gasteiger partial charge in [0.05, 0.1) is 17.3 Å². The molecule has 2 fully saturated rings. The molecule has 1 aromatic rings. The third-order valence-corrected chi connectivity index (χ3v) is 6.21. The van der Waals surface area contributed by atoms with E-state index in [9.17, 15) is 0 Å². The van der Waals surface area contributed by atoms with E-state index in [2.05, 4.69) is 25.4 Å². The summed E-state index contributed by atoms with van der Waals surface area (Å²) in [4.78, 5) is 4.70. The minimum Gasteiger partial charge on any atom is -0.374 e. The summed E-state index contributed by atoms with van der Waals surface area (Å²) in [7, 11) is 2.07. The van der Waals surface area contributed by atoms with E-state index in [0.717, 1.165) is 19.4 Å². The van der Waals surface area contributed by atoms with Gasteiger partial charge < -0.3 is 10.1 Å². The van der Waals surface area contributed by atoms with Gasteiger partial charge in [-0.25, -0.2) is 0 Å². The summed E-state index contributed by atoms with van der Waals surface area (Å²) in [5.74, 6) is 3.05. The summed E-state index contributed by atoms with van der Waals surface area (Å²) in [5.41, 5.74) is 2.76. The second kappa shape index (κ2) is 6.67. The zero-order valence-electron chi connectivity index (χ0n) is 13.1. The van der Waals surface area contributed by atoms with Crippen LogP contribution in [0.15, 0.2) is 18.3 Å². The minimum atomic E-state index is 0.143. The predicted octanol–water partition coefficient (Wildman–Crippen LogP) is 3.21. The van der Waals surface area contributed by atoms with Crippen molar-refractivity contribution in [3.05, 3.63) is 29.6 Å². The Morgan fingerprint density at radius 2 is 2.48 bits per heavy atom. The van der Waals surface area contributed by atoms with E-state index in [1.165, 1.54) is 35.6 Å². The quantitative estimate of drug-likeness (QED) is 0.926. The first kappa shape index (κ1) is 15.3. The minimum absolute atomic E-state index is 0.143. The average molecular weight is 306 g/mol. The van der Waals surface area contributed by atoms with Crippen LogP contribution in [0.5, 0.6) is 0 Å². The van der Waals surface area contributed by atoms with Crippen molar-refractivity contribution in [2.45, 2.75) is 44.2 Å². The number of aromatic nitrogens is 1. The zero-order chi connectivity index (χ0) is 14.7. The van der Waals surface area contributed by atoms with Crippen LogP contribution in [-0.2, 0) is 11.2 Å². The monoisotopic (exact) mass is 306 g/mol. The smallest absolute Gasteiger partial charge is 0.0783 e. The fourth-order valence-electron chi connectivity index (χ4n) is 3.84. The molecule has 0 amide bonds. The largest absolute Gasteiger partial charge is 0.374 e. The fourth-order valence-corrected chi connectivity index (χ4v) is 5.22. The maximum Gasteiger partial charge on any atom is 0.0783 e. The van der Waals surface area contributed by atoms with Gasteiger partial charge in [0.25, 0.3) is 0 Å². The van der Waals surface area contributed by atoms with Gasteiger partial charge in [0.2, 0.25) is 0 Å². The summed E-state index contributed by atoms with van der Waals surface area (Å²) in [6.45, 7) is 3.12. The van der Waals surface area contributed by atoms with Crippen molar-refractivity contribution in [2.24, 2.45) is 5.92 Å². The molecule has 3 unspecified atom stereocenters. The van der Waals surface area contributed by atoms with Gasteiger partial charge in [-0.2, -0.15) is 11.8 Å². The molecule has 0 saturated carbocycles. The Balaban J connectivity index is 1.82. The van der Waals surface area contributed by atoms with Crippen LogP contribution in [0.4, 0.5) is 0 Å². The van der Waals surface area contributed by atoms with Gasteiger partial charge in [-0.1, -0.05) is 13.0 Å². The Labute approximate surface area is 132 Å². The first-order valence-corrected chi connectivity index (χ1v) is 9.26. The normalized spacial score (nSPS) is 30.7. The highest BCUT2D eigenvalue weighted by molar-refractivity contribution is 7.99. The lowest BCUT2D eigenvalue weighted by molar-refractivity contribution is -0.0853. The van der Waals surface area contributed by atoms with Gasteiger partial charge in [0.1, 0.15) is 0 Å². The maximum atomic E-state index is 6.17. The van der Waals surface area contributed by atoms with Crippen molar-refractivity contribution < 1.29 is 4.74 Å². The third kappa shape index (κ3) is 3.13. The molecule has 2 aliphatic rings. The van der Waals surface area contributed by atoms with Crippen LogP contribution in [0, 0.1) is 5.92 Å². The fraction of sp³-hybridized carbons (Fsp3) is 0.706. The molecule has 1 aromatic heterocycles. The van der Waals surface area contributed by atoms with Gasteiger partial charge in [0.15, 0.2) is 0 Å². The second-order valence-corrected chi connectivity index (χ2v) is 7.36. The molecule has 21 heavy (non-hydrogen) atoms. The first-order valence-electron chi connectivity index (χ1n) is 8.11. The van der Waals surface area contributed by atoms with Crippen LogP contribution in [0.3, 0.4) is 0 Å². The maximum absolute atomic E-state index is 6.17. The summed E-state index contributed by atoms with van der Waals surface area (Å²) in [6, 6.07) is 4.62. The van der Waals surface area contributed by atoms with Crippen molar-refractivity contribution in [3.63, 3.8) is 0 Å². The highest BCUT2D eigenvalue weighted by Gasteiger charge is 2.42. The Morgan fingerprint density at radius 3 is 3.19 bits per heavy atom. The molecule has 2 saturated heterocycles. The molecule has 4 heteroatoms. The molecule has 1 spiro atoms. The van der Waals surface area contributed by atoms with Crippen LogP contribution >= 0.6 is 11.8 Å². The van der Waals surface area contributed by atoms with E-state index >= 15 is 0 Å². The topological polar surface area (TPSA) is 34.2 Å². The highest BCUT2D eigenvalue weighted by atomic mass is 32.2. The zero-order valence-corrected chi connectivity index (χ0v) is 13.9. The summed E-state index contributed by atoms with van der Waals surface area (Å²) >= 11 is 2.04. The molecule has 3 rings (SSSR count). The number of ether oxygens (including phenoxy) is 1. The van der Waals surface area contributed by atoms with E-state index in [1.54, 1.807) is 0 Å². The molecule has 116 valence electrons. The van der Waals surface area contributed by atoms with Gasteiger partial charge in [-0.3, -0.25) is 4.98 Å². The van der Waals surface area contributed by atoms with Crippen LogP contribution in [0.25, 0.3) is 0 Å². The average Bonchev–Trinajstić information content (AvgIpc) is 2.96. The first-order chi connectivity index (χ1) is 10.3. The van der Waals surface area contributed by atoms with Crippen LogP contribution in [0.2, 0.25) is 0 Å². The van der Waals surface area contributed by atoms with Gasteiger partial charge in [0, 0.05) is 18.6 Å². The molecular weight excluding hydrogens is 280 g/mol. The highest BCUT2D eigenvalue weighted by Crippen LogP contribution is 2.44. The number of pyridine rings is 1. The van der Waals surface area contributed by atoms with Crippen LogP contribution < -0.4 is 5.32 Å². The molecule has 1 N–H and O–H groups in total. The lowest BCUT2D eigenvalue weighted by Gasteiger charge is -2.41. The molecule has 0 aromatic carbocycles. The molecule has 3 heterocycles. The summed E-state index contributed by atoms with van der Waals surface area (Å²) < 4.78 is 6.17. The van der Waals surface area contributed by atoms with Crippen molar-refractivity contribution >= 4 is 11.8 Å². The predicted molar refractivity (Wildman–Crippen MR) is 88.8 cm³/mol. The Morgan fingerprint density at radius 1 is 1.57 bits per heavy atom. The Hall–Kier alpha value is -0.580. The molecule has 0 aliphatic carbocycles. The third-order valence-electron chi connectivity index (χ3n) is 4.98. The number of hydrogen-bond donors (Lipinski definition) is 1. The molecule has 3 nitrogen and oxygen atoms in total. The molecule has 2 aliphatic heterocycles. The van der Waals surface area contributed by atoms with E-state index < -0.39 is 0 Å². The molecule has 3 atom stereocenters. The van der Waals surface area contributed by atoms with Crippen LogP contribution in [0.1, 0.15) is 43.5 Å². The molecule has 0 radical (unpaired) electrons. The lowest BCUT2D eigenvalue weighted by Crippen LogP contribution is -2.43. The van der Waals surface area contributed by atoms with Crippen molar-refractivity contribution in [1.82, 2.24) is 10.3 Å². The van der Waals surface area contributed by atoms with Crippen molar-refractivity contribution in [2.75, 3.05) is 25.2 Å². The summed E-state index contributed by atoms with van der Waals surface area (Å²) in [6.07, 6.45) is 6.50. The van der Waals surface area contributed by atoms with Gasteiger partial charge in [-0.05, 0) is 56.0 Å². The SMILES string of the molecule is CCc1cccnc1C(NC)C1CCOC2(CCSC2)C1. The van der Waals surface area contributed by atoms with E-state index in [-0.39, 0.29) is 5.60 Å². The number of nitrogens with zero attached hydrogens (tertiary/aromatic N) is 1. The van der Waals surface area contributed by atoms with E-state index in [4.69, 9.17) is 9.72 Å². The lowest BCUT2D eigenvalue weighted by atomic mass is 9.79. The standard InChI is InChI=1S/C17H26N2OS/c1-3-13-5-4-8-19-16(13)15(18-2)14-6-9-20-17(11-14)7-10-21-12-17/h4-5,8,14-15,18H,3,6-7,9-12H2,1-2H3. The molecule has 0 bridgehead atoms. The second-order valence-electron chi connectivity index (χ2n) is 6.25. The number of rotatable bonds is 4. The molecular formula is C17H26N2OS. The number of thioether (sulfide) groups is 1.